The third-order valence-electron chi connectivity index (χ3n) is 7.71. The average Bonchev–Trinajstić information content (AvgIpc) is 2.97. The number of rotatable bonds is 9. The predicted molar refractivity (Wildman–Crippen MR) is 154 cm³/mol. The van der Waals surface area contributed by atoms with Gasteiger partial charge in [0.25, 0.3) is 0 Å². The molecule has 5 rings (SSSR count). The molecular weight excluding hydrogens is 504 g/mol. The lowest BCUT2D eigenvalue weighted by molar-refractivity contribution is 0.0220. The highest BCUT2D eigenvalue weighted by atomic mass is 16.5. The largest absolute Gasteiger partial charge is 0.461 e. The summed E-state index contributed by atoms with van der Waals surface area (Å²) in [6, 6.07) is 17.6. The molecule has 2 fully saturated rings. The fourth-order valence-corrected chi connectivity index (χ4v) is 5.27. The van der Waals surface area contributed by atoms with Gasteiger partial charge in [-0.3, -0.25) is 0 Å². The Morgan fingerprint density at radius 1 is 1.18 bits per heavy atom. The van der Waals surface area contributed by atoms with Crippen molar-refractivity contribution >= 4 is 29.0 Å². The SMILES string of the molecule is CCOC(=O)c1cc(-c2ccc(N3CCC(C#N)CC3)nc2)c(C(=N)C2CC(OC)C2)c(Nc2ccccc2)n1. The van der Waals surface area contributed by atoms with E-state index in [2.05, 4.69) is 21.3 Å². The van der Waals surface area contributed by atoms with E-state index in [1.807, 2.05) is 42.5 Å². The molecule has 0 bridgehead atoms. The molecule has 3 aromatic rings. The van der Waals surface area contributed by atoms with Crippen LogP contribution in [0.3, 0.4) is 0 Å². The Labute approximate surface area is 234 Å². The first kappa shape index (κ1) is 27.3. The number of para-hydroxylation sites is 1. The molecule has 2 N–H and O–H groups in total. The van der Waals surface area contributed by atoms with Crippen molar-refractivity contribution in [2.24, 2.45) is 11.8 Å². The molecule has 0 amide bonds. The highest BCUT2D eigenvalue weighted by Crippen LogP contribution is 2.39. The van der Waals surface area contributed by atoms with Crippen molar-refractivity contribution in [1.82, 2.24) is 9.97 Å². The number of carbonyl (C=O) groups is 1. The third kappa shape index (κ3) is 5.82. The van der Waals surface area contributed by atoms with E-state index in [-0.39, 0.29) is 30.2 Å². The van der Waals surface area contributed by atoms with Gasteiger partial charge in [0, 0.05) is 60.8 Å². The van der Waals surface area contributed by atoms with Crippen molar-refractivity contribution in [2.45, 2.75) is 38.7 Å². The van der Waals surface area contributed by atoms with E-state index in [9.17, 15) is 15.5 Å². The van der Waals surface area contributed by atoms with Crippen molar-refractivity contribution < 1.29 is 14.3 Å². The Balaban J connectivity index is 1.57. The van der Waals surface area contributed by atoms with Crippen molar-refractivity contribution in [3.63, 3.8) is 0 Å². The van der Waals surface area contributed by atoms with Gasteiger partial charge in [-0.2, -0.15) is 5.26 Å². The van der Waals surface area contributed by atoms with Crippen LogP contribution < -0.4 is 10.2 Å². The number of hydrogen-bond donors (Lipinski definition) is 2. The molecule has 3 heterocycles. The summed E-state index contributed by atoms with van der Waals surface area (Å²) in [6.45, 7) is 3.57. The third-order valence-corrected chi connectivity index (χ3v) is 7.71. The summed E-state index contributed by atoms with van der Waals surface area (Å²) < 4.78 is 10.8. The van der Waals surface area contributed by atoms with Gasteiger partial charge in [0.2, 0.25) is 0 Å². The van der Waals surface area contributed by atoms with Gasteiger partial charge in [-0.05, 0) is 68.5 Å². The summed E-state index contributed by atoms with van der Waals surface area (Å²) >= 11 is 0. The average molecular weight is 539 g/mol. The molecule has 0 spiro atoms. The van der Waals surface area contributed by atoms with E-state index in [0.29, 0.717) is 22.7 Å². The Morgan fingerprint density at radius 2 is 1.93 bits per heavy atom. The number of anilines is 3. The van der Waals surface area contributed by atoms with E-state index in [4.69, 9.17) is 14.5 Å². The van der Waals surface area contributed by atoms with Crippen LogP contribution in [-0.2, 0) is 9.47 Å². The molecule has 0 radical (unpaired) electrons. The summed E-state index contributed by atoms with van der Waals surface area (Å²) in [5.74, 6) is 0.873. The van der Waals surface area contributed by atoms with Gasteiger partial charge in [-0.15, -0.1) is 0 Å². The fourth-order valence-electron chi connectivity index (χ4n) is 5.27. The number of carbonyl (C=O) groups excluding carboxylic acids is 1. The first-order chi connectivity index (χ1) is 19.5. The maximum atomic E-state index is 12.9. The van der Waals surface area contributed by atoms with E-state index in [0.717, 1.165) is 55.8 Å². The number of pyridine rings is 2. The van der Waals surface area contributed by atoms with Crippen LogP contribution in [0, 0.1) is 28.6 Å². The minimum absolute atomic E-state index is 0.0175. The molecule has 2 aliphatic rings. The lowest BCUT2D eigenvalue weighted by Crippen LogP contribution is -2.36. The lowest BCUT2D eigenvalue weighted by Gasteiger charge is -2.35. The molecule has 0 atom stereocenters. The molecule has 1 aliphatic carbocycles. The lowest BCUT2D eigenvalue weighted by atomic mass is 9.75. The molecule has 2 aromatic heterocycles. The number of benzene rings is 1. The van der Waals surface area contributed by atoms with Crippen LogP contribution in [0.5, 0.6) is 0 Å². The minimum Gasteiger partial charge on any atom is -0.461 e. The molecule has 9 heteroatoms. The second-order valence-corrected chi connectivity index (χ2v) is 10.2. The maximum Gasteiger partial charge on any atom is 0.357 e. The number of ether oxygens (including phenoxy) is 2. The van der Waals surface area contributed by atoms with Gasteiger partial charge in [0.1, 0.15) is 11.6 Å². The Hall–Kier alpha value is -4.29. The fraction of sp³-hybridized carbons (Fsp3) is 0.387. The molecule has 9 nitrogen and oxygen atoms in total. The number of nitrogens with one attached hydrogen (secondary N) is 2. The Kier molecular flexibility index (Phi) is 8.37. The summed E-state index contributed by atoms with van der Waals surface area (Å²) in [5.41, 5.74) is 3.53. The standard InChI is InChI=1S/C31H34N6O3/c1-3-40-31(38)26-17-25(21-9-10-27(34-19-21)37-13-11-20(18-32)12-14-37)28(29(33)22-15-24(16-22)39-2)30(36-26)35-23-7-5-4-6-8-23/h4-10,17,19-20,22,24,33H,3,11-16H2,1-2H3,(H,35,36). The summed E-state index contributed by atoms with van der Waals surface area (Å²) in [6.07, 6.45) is 5.10. The number of hydrogen-bond acceptors (Lipinski definition) is 9. The summed E-state index contributed by atoms with van der Waals surface area (Å²) in [4.78, 5) is 24.5. The second kappa shape index (κ2) is 12.3. The van der Waals surface area contributed by atoms with Crippen molar-refractivity contribution in [2.75, 3.05) is 37.0 Å². The Bertz CT molecular complexity index is 1390. The van der Waals surface area contributed by atoms with Crippen LogP contribution in [0.25, 0.3) is 11.1 Å². The van der Waals surface area contributed by atoms with Gasteiger partial charge in [-0.25, -0.2) is 14.8 Å². The first-order valence-corrected chi connectivity index (χ1v) is 13.8. The van der Waals surface area contributed by atoms with Gasteiger partial charge in [0.15, 0.2) is 5.69 Å². The second-order valence-electron chi connectivity index (χ2n) is 10.2. The number of esters is 1. The van der Waals surface area contributed by atoms with E-state index in [1.54, 1.807) is 26.3 Å². The van der Waals surface area contributed by atoms with E-state index >= 15 is 0 Å². The summed E-state index contributed by atoms with van der Waals surface area (Å²) in [7, 11) is 1.70. The molecule has 1 aliphatic heterocycles. The number of nitriles is 1. The smallest absolute Gasteiger partial charge is 0.357 e. The van der Waals surface area contributed by atoms with Crippen LogP contribution >= 0.6 is 0 Å². The molecule has 40 heavy (non-hydrogen) atoms. The molecule has 0 unspecified atom stereocenters. The molecule has 1 saturated carbocycles. The topological polar surface area (TPSA) is 124 Å². The van der Waals surface area contributed by atoms with Gasteiger partial charge >= 0.3 is 5.97 Å². The number of aromatic nitrogens is 2. The summed E-state index contributed by atoms with van der Waals surface area (Å²) in [5, 5.41) is 21.8. The zero-order valence-corrected chi connectivity index (χ0v) is 22.9. The van der Waals surface area contributed by atoms with Crippen LogP contribution in [0.4, 0.5) is 17.3 Å². The number of piperidine rings is 1. The van der Waals surface area contributed by atoms with Gasteiger partial charge in [0.05, 0.1) is 18.8 Å². The van der Waals surface area contributed by atoms with Gasteiger partial charge < -0.3 is 25.1 Å². The molecular formula is C31H34N6O3. The van der Waals surface area contributed by atoms with Crippen LogP contribution in [0.2, 0.25) is 0 Å². The highest BCUT2D eigenvalue weighted by Gasteiger charge is 2.35. The molecule has 1 aromatic carbocycles. The van der Waals surface area contributed by atoms with E-state index < -0.39 is 5.97 Å². The quantitative estimate of drug-likeness (QED) is 0.267. The molecule has 206 valence electrons. The van der Waals surface area contributed by atoms with Gasteiger partial charge in [-0.1, -0.05) is 18.2 Å². The normalized spacial score (nSPS) is 18.9. The number of methoxy groups -OCH3 is 1. The van der Waals surface area contributed by atoms with Crippen LogP contribution in [0.1, 0.15) is 48.7 Å². The zero-order chi connectivity index (χ0) is 28.1. The van der Waals surface area contributed by atoms with Crippen LogP contribution in [-0.4, -0.2) is 54.6 Å². The zero-order valence-electron chi connectivity index (χ0n) is 22.9. The minimum atomic E-state index is -0.522. The maximum absolute atomic E-state index is 12.9. The first-order valence-electron chi connectivity index (χ1n) is 13.8. The number of nitrogens with zero attached hydrogens (tertiary/aromatic N) is 4. The van der Waals surface area contributed by atoms with E-state index in [1.165, 1.54) is 0 Å². The highest BCUT2D eigenvalue weighted by molar-refractivity contribution is 6.11. The van der Waals surface area contributed by atoms with Crippen LogP contribution in [0.15, 0.2) is 54.7 Å². The van der Waals surface area contributed by atoms with Crippen molar-refractivity contribution in [3.8, 4) is 17.2 Å². The predicted octanol–water partition coefficient (Wildman–Crippen LogP) is 5.60. The monoisotopic (exact) mass is 538 g/mol. The van der Waals surface area contributed by atoms with Crippen molar-refractivity contribution in [1.29, 1.82) is 10.7 Å². The van der Waals surface area contributed by atoms with Crippen molar-refractivity contribution in [3.05, 3.63) is 66.0 Å². The molecule has 1 saturated heterocycles. The Morgan fingerprint density at radius 3 is 2.55 bits per heavy atom.